The van der Waals surface area contributed by atoms with Crippen molar-refractivity contribution in [2.24, 2.45) is 4.99 Å². The molecular weight excluding hydrogens is 366 g/mol. The van der Waals surface area contributed by atoms with Crippen molar-refractivity contribution >= 4 is 46.2 Å². The van der Waals surface area contributed by atoms with E-state index >= 15 is 0 Å². The zero-order chi connectivity index (χ0) is 19.2. The van der Waals surface area contributed by atoms with Gasteiger partial charge in [0.2, 0.25) is 0 Å². The number of para-hydroxylation sites is 2. The minimum absolute atomic E-state index is 0.122. The first kappa shape index (κ1) is 18.4. The van der Waals surface area contributed by atoms with Crippen molar-refractivity contribution in [2.75, 3.05) is 17.3 Å². The topological polar surface area (TPSA) is 88.1 Å². The number of aliphatic imine (C=N–C) groups is 1. The van der Waals surface area contributed by atoms with Crippen LogP contribution in [0.15, 0.2) is 76.6 Å². The van der Waals surface area contributed by atoms with E-state index in [0.29, 0.717) is 11.4 Å². The summed E-state index contributed by atoms with van der Waals surface area (Å²) in [6, 6.07) is 17.0. The third-order valence-corrected chi connectivity index (χ3v) is 4.46. The maximum absolute atomic E-state index is 12.7. The van der Waals surface area contributed by atoms with Gasteiger partial charge >= 0.3 is 12.0 Å². The Bertz CT molecular complexity index is 926. The van der Waals surface area contributed by atoms with Gasteiger partial charge in [-0.15, -0.1) is 0 Å². The lowest BCUT2D eigenvalue weighted by atomic mass is 10.3. The van der Waals surface area contributed by atoms with Crippen LogP contribution in [0.3, 0.4) is 0 Å². The van der Waals surface area contributed by atoms with Gasteiger partial charge in [0.15, 0.2) is 5.17 Å². The second-order valence-electron chi connectivity index (χ2n) is 5.30. The number of benzene rings is 2. The lowest BCUT2D eigenvalue weighted by Gasteiger charge is -2.15. The molecule has 8 heteroatoms. The summed E-state index contributed by atoms with van der Waals surface area (Å²) in [6.07, 6.45) is 1.08. The second kappa shape index (κ2) is 8.33. The number of carbonyl (C=O) groups is 3. The molecule has 2 aromatic carbocycles. The van der Waals surface area contributed by atoms with Crippen LogP contribution in [0.4, 0.5) is 16.2 Å². The predicted molar refractivity (Wildman–Crippen MR) is 105 cm³/mol. The summed E-state index contributed by atoms with van der Waals surface area (Å²) in [6.45, 7) is 0. The smallest absolute Gasteiger partial charge is 0.347 e. The van der Waals surface area contributed by atoms with Crippen LogP contribution < -0.4 is 10.2 Å². The first-order valence-corrected chi connectivity index (χ1v) is 8.72. The summed E-state index contributed by atoms with van der Waals surface area (Å²) in [5.74, 6) is -1.11. The molecular formula is C19H15N3O4S. The number of hydrogen-bond donors (Lipinski definition) is 1. The minimum atomic E-state index is -0.658. The van der Waals surface area contributed by atoms with Crippen LogP contribution in [0, 0.1) is 0 Å². The van der Waals surface area contributed by atoms with Crippen molar-refractivity contribution in [3.05, 3.63) is 71.6 Å². The second-order valence-corrected chi connectivity index (χ2v) is 6.31. The molecule has 136 valence electrons. The molecule has 0 radical (unpaired) electrons. The SMILES string of the molecule is COC(=O)C=C1SC(=NC(=O)Nc2ccccc2)N(c2ccccc2)C1=O. The summed E-state index contributed by atoms with van der Waals surface area (Å²) in [5.41, 5.74) is 1.12. The number of carbonyl (C=O) groups excluding carboxylic acids is 3. The Hall–Kier alpha value is -3.39. The number of amides is 3. The number of urea groups is 1. The molecule has 1 N–H and O–H groups in total. The number of thioether (sulfide) groups is 1. The number of nitrogens with one attached hydrogen (secondary N) is 1. The summed E-state index contributed by atoms with van der Waals surface area (Å²) in [5, 5.41) is 2.78. The molecule has 0 unspecified atom stereocenters. The lowest BCUT2D eigenvalue weighted by molar-refractivity contribution is -0.135. The average Bonchev–Trinajstić information content (AvgIpc) is 2.97. The van der Waals surface area contributed by atoms with Crippen LogP contribution in [-0.4, -0.2) is 30.2 Å². The molecule has 1 saturated heterocycles. The van der Waals surface area contributed by atoms with Gasteiger partial charge in [-0.3, -0.25) is 9.69 Å². The molecule has 0 aliphatic carbocycles. The number of nitrogens with zero attached hydrogens (tertiary/aromatic N) is 2. The molecule has 0 aromatic heterocycles. The van der Waals surface area contributed by atoms with Crippen LogP contribution >= 0.6 is 11.8 Å². The zero-order valence-corrected chi connectivity index (χ0v) is 15.1. The fourth-order valence-corrected chi connectivity index (χ4v) is 3.22. The molecule has 0 atom stereocenters. The highest BCUT2D eigenvalue weighted by Crippen LogP contribution is 2.34. The summed E-state index contributed by atoms with van der Waals surface area (Å²) in [4.78, 5) is 41.9. The monoisotopic (exact) mass is 381 g/mol. The van der Waals surface area contributed by atoms with Crippen molar-refractivity contribution < 1.29 is 19.1 Å². The Kier molecular flexibility index (Phi) is 5.68. The fraction of sp³-hybridized carbons (Fsp3) is 0.0526. The largest absolute Gasteiger partial charge is 0.466 e. The van der Waals surface area contributed by atoms with Crippen molar-refractivity contribution in [2.45, 2.75) is 0 Å². The number of methoxy groups -OCH3 is 1. The van der Waals surface area contributed by atoms with E-state index in [0.717, 1.165) is 17.8 Å². The quantitative estimate of drug-likeness (QED) is 0.650. The van der Waals surface area contributed by atoms with Gasteiger partial charge in [-0.05, 0) is 36.0 Å². The van der Waals surface area contributed by atoms with Crippen LogP contribution in [0.5, 0.6) is 0 Å². The van der Waals surface area contributed by atoms with Gasteiger partial charge in [0.1, 0.15) is 0 Å². The summed E-state index contributed by atoms with van der Waals surface area (Å²) < 4.78 is 4.58. The number of anilines is 2. The molecule has 0 spiro atoms. The van der Waals surface area contributed by atoms with Gasteiger partial charge in [-0.2, -0.15) is 4.99 Å². The van der Waals surface area contributed by atoms with Gasteiger partial charge < -0.3 is 10.1 Å². The van der Waals surface area contributed by atoms with E-state index in [1.807, 2.05) is 6.07 Å². The van der Waals surface area contributed by atoms with Crippen molar-refractivity contribution in [1.29, 1.82) is 0 Å². The average molecular weight is 381 g/mol. The third kappa shape index (κ3) is 4.42. The highest BCUT2D eigenvalue weighted by atomic mass is 32.2. The molecule has 1 aliphatic rings. The van der Waals surface area contributed by atoms with E-state index < -0.39 is 17.9 Å². The first-order chi connectivity index (χ1) is 13.1. The van der Waals surface area contributed by atoms with Gasteiger partial charge in [0.25, 0.3) is 5.91 Å². The van der Waals surface area contributed by atoms with Crippen molar-refractivity contribution in [1.82, 2.24) is 0 Å². The van der Waals surface area contributed by atoms with E-state index in [1.165, 1.54) is 12.0 Å². The van der Waals surface area contributed by atoms with Crippen LogP contribution in [0.2, 0.25) is 0 Å². The normalized spacial score (nSPS) is 16.6. The molecule has 1 fully saturated rings. The Morgan fingerprint density at radius 3 is 2.33 bits per heavy atom. The van der Waals surface area contributed by atoms with Crippen LogP contribution in [0.1, 0.15) is 0 Å². The number of ether oxygens (including phenoxy) is 1. The van der Waals surface area contributed by atoms with Gasteiger partial charge in [0.05, 0.1) is 17.7 Å². The molecule has 2 aromatic rings. The number of amidine groups is 1. The molecule has 7 nitrogen and oxygen atoms in total. The summed E-state index contributed by atoms with van der Waals surface area (Å²) >= 11 is 0.930. The number of rotatable bonds is 3. The third-order valence-electron chi connectivity index (χ3n) is 3.49. The van der Waals surface area contributed by atoms with Crippen molar-refractivity contribution in [3.8, 4) is 0 Å². The van der Waals surface area contributed by atoms with Crippen LogP contribution in [-0.2, 0) is 14.3 Å². The van der Waals surface area contributed by atoms with Crippen molar-refractivity contribution in [3.63, 3.8) is 0 Å². The fourth-order valence-electron chi connectivity index (χ4n) is 2.28. The molecule has 1 aliphatic heterocycles. The minimum Gasteiger partial charge on any atom is -0.466 e. The Labute approximate surface area is 159 Å². The Morgan fingerprint density at radius 1 is 1.07 bits per heavy atom. The van der Waals surface area contributed by atoms with Gasteiger partial charge in [-0.25, -0.2) is 9.59 Å². The van der Waals surface area contributed by atoms with Crippen LogP contribution in [0.25, 0.3) is 0 Å². The summed E-state index contributed by atoms with van der Waals surface area (Å²) in [7, 11) is 1.22. The van der Waals surface area contributed by atoms with E-state index in [1.54, 1.807) is 54.6 Å². The molecule has 1 heterocycles. The molecule has 0 saturated carbocycles. The highest BCUT2D eigenvalue weighted by molar-refractivity contribution is 8.19. The maximum Gasteiger partial charge on any atom is 0.347 e. The molecule has 27 heavy (non-hydrogen) atoms. The zero-order valence-electron chi connectivity index (χ0n) is 14.3. The molecule has 0 bridgehead atoms. The highest BCUT2D eigenvalue weighted by Gasteiger charge is 2.35. The van der Waals surface area contributed by atoms with E-state index in [2.05, 4.69) is 15.0 Å². The molecule has 3 amide bonds. The Morgan fingerprint density at radius 2 is 1.70 bits per heavy atom. The molecule has 3 rings (SSSR count). The van der Waals surface area contributed by atoms with Gasteiger partial charge in [-0.1, -0.05) is 36.4 Å². The maximum atomic E-state index is 12.7. The number of esters is 1. The van der Waals surface area contributed by atoms with E-state index in [9.17, 15) is 14.4 Å². The lowest BCUT2D eigenvalue weighted by Crippen LogP contribution is -2.30. The van der Waals surface area contributed by atoms with Gasteiger partial charge in [0, 0.05) is 11.8 Å². The standard InChI is InChI=1S/C19H15N3O4S/c1-26-16(23)12-15-17(24)22(14-10-6-3-7-11-14)19(27-15)21-18(25)20-13-8-4-2-5-9-13/h2-12H,1H3,(H,20,25). The number of hydrogen-bond acceptors (Lipinski definition) is 5. The van der Waals surface area contributed by atoms with E-state index in [-0.39, 0.29) is 10.1 Å². The Balaban J connectivity index is 1.92. The predicted octanol–water partition coefficient (Wildman–Crippen LogP) is 3.41. The first-order valence-electron chi connectivity index (χ1n) is 7.90. The van der Waals surface area contributed by atoms with E-state index in [4.69, 9.17) is 0 Å².